The predicted octanol–water partition coefficient (Wildman–Crippen LogP) is 1.23. The first kappa shape index (κ1) is 21.8. The van der Waals surface area contributed by atoms with Crippen LogP contribution >= 0.6 is 0 Å². The zero-order valence-corrected chi connectivity index (χ0v) is 17.7. The van der Waals surface area contributed by atoms with E-state index in [-0.39, 0.29) is 43.2 Å². The van der Waals surface area contributed by atoms with Crippen molar-refractivity contribution >= 4 is 20.0 Å². The summed E-state index contributed by atoms with van der Waals surface area (Å²) in [6.45, 7) is 1.78. The molecule has 1 aromatic carbocycles. The second-order valence-corrected chi connectivity index (χ2v) is 10.7. The van der Waals surface area contributed by atoms with Crippen molar-refractivity contribution in [1.82, 2.24) is 18.2 Å². The van der Waals surface area contributed by atoms with Crippen molar-refractivity contribution in [3.8, 4) is 0 Å². The highest BCUT2D eigenvalue weighted by molar-refractivity contribution is 7.89. The van der Waals surface area contributed by atoms with Gasteiger partial charge in [-0.25, -0.2) is 34.9 Å². The molecule has 0 bridgehead atoms. The number of benzene rings is 1. The average Bonchev–Trinajstić information content (AvgIpc) is 2.85. The molecule has 0 saturated carbocycles. The Hall–Kier alpha value is -1.89. The minimum absolute atomic E-state index is 0.0528. The van der Waals surface area contributed by atoms with Gasteiger partial charge in [-0.2, -0.15) is 4.31 Å². The Kier molecular flexibility index (Phi) is 6.08. The third kappa shape index (κ3) is 4.65. The Bertz CT molecular complexity index is 1100. The van der Waals surface area contributed by atoms with Gasteiger partial charge < -0.3 is 4.57 Å². The van der Waals surface area contributed by atoms with E-state index in [1.807, 2.05) is 0 Å². The van der Waals surface area contributed by atoms with Gasteiger partial charge in [0.1, 0.15) is 17.5 Å². The monoisotopic (exact) mass is 448 g/mol. The minimum atomic E-state index is -3.95. The number of halogens is 2. The van der Waals surface area contributed by atoms with Crippen LogP contribution in [0.25, 0.3) is 0 Å². The topological polar surface area (TPSA) is 92.6 Å². The molecule has 0 radical (unpaired) electrons. The summed E-state index contributed by atoms with van der Waals surface area (Å²) < 4.78 is 82.2. The van der Waals surface area contributed by atoms with Gasteiger partial charge in [0.15, 0.2) is 5.03 Å². The molecule has 0 amide bonds. The summed E-state index contributed by atoms with van der Waals surface area (Å²) in [6.07, 6.45) is 1.69. The van der Waals surface area contributed by atoms with Crippen molar-refractivity contribution in [2.75, 3.05) is 26.2 Å². The third-order valence-electron chi connectivity index (χ3n) is 4.84. The molecular weight excluding hydrogens is 426 g/mol. The van der Waals surface area contributed by atoms with Crippen molar-refractivity contribution < 1.29 is 25.6 Å². The summed E-state index contributed by atoms with van der Waals surface area (Å²) in [6, 6.07) is 2.65. The first-order chi connectivity index (χ1) is 13.5. The maximum atomic E-state index is 13.8. The Morgan fingerprint density at radius 2 is 1.69 bits per heavy atom. The molecule has 0 aliphatic carbocycles. The molecule has 0 spiro atoms. The van der Waals surface area contributed by atoms with Gasteiger partial charge in [0.25, 0.3) is 10.0 Å². The van der Waals surface area contributed by atoms with E-state index >= 15 is 0 Å². The van der Waals surface area contributed by atoms with Crippen LogP contribution in [0.15, 0.2) is 29.4 Å². The number of rotatable bonds is 5. The molecule has 0 atom stereocenters. The number of nitrogens with zero attached hydrogens (tertiary/aromatic N) is 4. The van der Waals surface area contributed by atoms with E-state index in [0.717, 1.165) is 22.5 Å². The van der Waals surface area contributed by atoms with E-state index in [2.05, 4.69) is 4.98 Å². The van der Waals surface area contributed by atoms with E-state index in [0.29, 0.717) is 5.82 Å². The van der Waals surface area contributed by atoms with E-state index in [1.165, 1.54) is 10.5 Å². The molecule has 1 aliphatic rings. The average molecular weight is 449 g/mol. The molecule has 8 nitrogen and oxygen atoms in total. The molecule has 2 aromatic rings. The fourth-order valence-corrected chi connectivity index (χ4v) is 6.17. The highest BCUT2D eigenvalue weighted by atomic mass is 32.2. The van der Waals surface area contributed by atoms with Crippen LogP contribution < -0.4 is 0 Å². The van der Waals surface area contributed by atoms with Crippen LogP contribution in [-0.4, -0.2) is 61.2 Å². The highest BCUT2D eigenvalue weighted by Gasteiger charge is 2.32. The largest absolute Gasteiger partial charge is 0.337 e. The Balaban J connectivity index is 1.76. The summed E-state index contributed by atoms with van der Waals surface area (Å²) in [5.41, 5.74) is -0.261. The Labute approximate surface area is 168 Å². The summed E-state index contributed by atoms with van der Waals surface area (Å²) in [5.74, 6) is -1.68. The molecule has 12 heteroatoms. The molecule has 160 valence electrons. The molecule has 1 fully saturated rings. The quantitative estimate of drug-likeness (QED) is 0.686. The lowest BCUT2D eigenvalue weighted by Crippen LogP contribution is -2.38. The summed E-state index contributed by atoms with van der Waals surface area (Å²) in [7, 11) is -6.12. The van der Waals surface area contributed by atoms with E-state index in [1.54, 1.807) is 18.5 Å². The van der Waals surface area contributed by atoms with Crippen LogP contribution in [-0.2, 0) is 32.8 Å². The molecule has 3 rings (SSSR count). The van der Waals surface area contributed by atoms with E-state index in [9.17, 15) is 25.6 Å². The van der Waals surface area contributed by atoms with Crippen LogP contribution in [0.2, 0.25) is 0 Å². The SMILES string of the molecule is Cc1nc(S(=O)(=O)N2CCCN(S(=O)(=O)Cc3cc(F)ccc3F)CC2)cn1C. The van der Waals surface area contributed by atoms with Crippen molar-refractivity contribution in [2.24, 2.45) is 7.05 Å². The molecule has 1 aliphatic heterocycles. The van der Waals surface area contributed by atoms with Crippen LogP contribution in [0, 0.1) is 18.6 Å². The normalized spacial score (nSPS) is 17.4. The number of aryl methyl sites for hydroxylation is 2. The molecule has 1 aromatic heterocycles. The smallest absolute Gasteiger partial charge is 0.262 e. The predicted molar refractivity (Wildman–Crippen MR) is 102 cm³/mol. The first-order valence-corrected chi connectivity index (χ1v) is 12.0. The van der Waals surface area contributed by atoms with Crippen molar-refractivity contribution in [2.45, 2.75) is 24.1 Å². The molecule has 29 heavy (non-hydrogen) atoms. The second kappa shape index (κ2) is 8.09. The standard InChI is InChI=1S/C17H22F2N4O4S2/c1-13-20-17(11-21(13)2)29(26,27)23-7-3-6-22(8-9-23)28(24,25)12-14-10-15(18)4-5-16(14)19/h4-5,10-11H,3,6-9,12H2,1-2H3. The van der Waals surface area contributed by atoms with Crippen molar-refractivity contribution in [3.63, 3.8) is 0 Å². The molecule has 0 N–H and O–H groups in total. The minimum Gasteiger partial charge on any atom is -0.337 e. The van der Waals surface area contributed by atoms with Crippen molar-refractivity contribution in [3.05, 3.63) is 47.4 Å². The lowest BCUT2D eigenvalue weighted by Gasteiger charge is -2.21. The van der Waals surface area contributed by atoms with Crippen molar-refractivity contribution in [1.29, 1.82) is 0 Å². The van der Waals surface area contributed by atoms with E-state index in [4.69, 9.17) is 0 Å². The van der Waals surface area contributed by atoms with Crippen LogP contribution in [0.3, 0.4) is 0 Å². The number of hydrogen-bond acceptors (Lipinski definition) is 5. The Morgan fingerprint density at radius 3 is 2.34 bits per heavy atom. The number of imidazole rings is 1. The van der Waals surface area contributed by atoms with Crippen LogP contribution in [0.1, 0.15) is 17.8 Å². The summed E-state index contributed by atoms with van der Waals surface area (Å²) in [4.78, 5) is 4.05. The Morgan fingerprint density at radius 1 is 1.03 bits per heavy atom. The number of sulfonamides is 2. The molecule has 0 unspecified atom stereocenters. The van der Waals surface area contributed by atoms with Gasteiger partial charge in [-0.05, 0) is 31.5 Å². The van der Waals surface area contributed by atoms with Gasteiger partial charge in [-0.1, -0.05) is 0 Å². The number of aromatic nitrogens is 2. The third-order valence-corrected chi connectivity index (χ3v) is 8.44. The highest BCUT2D eigenvalue weighted by Crippen LogP contribution is 2.20. The lowest BCUT2D eigenvalue weighted by atomic mass is 10.2. The van der Waals surface area contributed by atoms with Gasteiger partial charge in [0.2, 0.25) is 10.0 Å². The maximum Gasteiger partial charge on any atom is 0.262 e. The van der Waals surface area contributed by atoms with Gasteiger partial charge in [-0.15, -0.1) is 0 Å². The lowest BCUT2D eigenvalue weighted by molar-refractivity contribution is 0.403. The summed E-state index contributed by atoms with van der Waals surface area (Å²) in [5, 5.41) is -0.0874. The maximum absolute atomic E-state index is 13.8. The second-order valence-electron chi connectivity index (χ2n) is 6.89. The fraction of sp³-hybridized carbons (Fsp3) is 0.471. The first-order valence-electron chi connectivity index (χ1n) is 8.92. The van der Waals surface area contributed by atoms with Gasteiger partial charge in [-0.3, -0.25) is 0 Å². The zero-order chi connectivity index (χ0) is 21.4. The van der Waals surface area contributed by atoms with Crippen LogP contribution in [0.4, 0.5) is 8.78 Å². The molecule has 2 heterocycles. The van der Waals surface area contributed by atoms with Gasteiger partial charge >= 0.3 is 0 Å². The summed E-state index contributed by atoms with van der Waals surface area (Å²) >= 11 is 0. The molecular formula is C17H22F2N4O4S2. The van der Waals surface area contributed by atoms with Gasteiger partial charge in [0, 0.05) is 45.0 Å². The number of hydrogen-bond donors (Lipinski definition) is 0. The zero-order valence-electron chi connectivity index (χ0n) is 16.0. The molecule has 1 saturated heterocycles. The van der Waals surface area contributed by atoms with Crippen LogP contribution in [0.5, 0.6) is 0 Å². The fourth-order valence-electron chi connectivity index (χ4n) is 3.11. The van der Waals surface area contributed by atoms with Gasteiger partial charge in [0.05, 0.1) is 5.75 Å². The van der Waals surface area contributed by atoms with E-state index < -0.39 is 37.4 Å².